The molecule has 2 N–H and O–H groups in total. The number of aryl methyl sites for hydroxylation is 1. The predicted molar refractivity (Wildman–Crippen MR) is 60.4 cm³/mol. The summed E-state index contributed by atoms with van der Waals surface area (Å²) in [4.78, 5) is 0. The lowest BCUT2D eigenvalue weighted by Gasteiger charge is -2.12. The van der Waals surface area contributed by atoms with Gasteiger partial charge in [-0.25, -0.2) is 8.78 Å². The van der Waals surface area contributed by atoms with Gasteiger partial charge in [-0.05, 0) is 30.7 Å². The third-order valence-corrected chi connectivity index (χ3v) is 2.68. The van der Waals surface area contributed by atoms with Gasteiger partial charge < -0.3 is 10.2 Å². The van der Waals surface area contributed by atoms with Crippen molar-refractivity contribution >= 4 is 0 Å². The van der Waals surface area contributed by atoms with Gasteiger partial charge in [-0.3, -0.25) is 0 Å². The van der Waals surface area contributed by atoms with Gasteiger partial charge in [-0.15, -0.1) is 0 Å². The van der Waals surface area contributed by atoms with E-state index in [0.717, 1.165) is 6.07 Å². The van der Waals surface area contributed by atoms with E-state index < -0.39 is 17.7 Å². The van der Waals surface area contributed by atoms with Crippen LogP contribution in [0, 0.1) is 18.6 Å². The van der Waals surface area contributed by atoms with Crippen molar-refractivity contribution in [2.75, 3.05) is 0 Å². The summed E-state index contributed by atoms with van der Waals surface area (Å²) in [6.07, 6.45) is 1.92. The van der Waals surface area contributed by atoms with Crippen LogP contribution in [-0.2, 0) is 6.42 Å². The second kappa shape index (κ2) is 4.67. The van der Waals surface area contributed by atoms with Gasteiger partial charge >= 0.3 is 0 Å². The van der Waals surface area contributed by atoms with Gasteiger partial charge in [0.25, 0.3) is 0 Å². The van der Waals surface area contributed by atoms with Crippen molar-refractivity contribution in [1.82, 2.24) is 0 Å². The number of hydrogen-bond donors (Lipinski definition) is 1. The van der Waals surface area contributed by atoms with Gasteiger partial charge in [0.05, 0.1) is 6.26 Å². The molecule has 1 aromatic carbocycles. The summed E-state index contributed by atoms with van der Waals surface area (Å²) in [5.74, 6) is -0.498. The first-order valence-corrected chi connectivity index (χ1v) is 5.31. The van der Waals surface area contributed by atoms with Crippen LogP contribution in [0.15, 0.2) is 34.9 Å². The molecule has 0 amide bonds. The summed E-state index contributed by atoms with van der Waals surface area (Å²) >= 11 is 0. The molecule has 1 aromatic heterocycles. The SMILES string of the molecule is Cc1cc(C(N)Cc2ccco2)c(F)cc1F. The maximum absolute atomic E-state index is 13.6. The molecule has 90 valence electrons. The number of furan rings is 1. The highest BCUT2D eigenvalue weighted by Gasteiger charge is 2.15. The summed E-state index contributed by atoms with van der Waals surface area (Å²) in [6, 6.07) is 5.29. The van der Waals surface area contributed by atoms with Crippen molar-refractivity contribution in [1.29, 1.82) is 0 Å². The Kier molecular flexibility index (Phi) is 3.24. The van der Waals surface area contributed by atoms with Crippen molar-refractivity contribution in [3.05, 3.63) is 59.1 Å². The maximum Gasteiger partial charge on any atom is 0.130 e. The molecule has 0 bridgehead atoms. The van der Waals surface area contributed by atoms with E-state index in [1.165, 1.54) is 12.3 Å². The van der Waals surface area contributed by atoms with Crippen molar-refractivity contribution in [2.45, 2.75) is 19.4 Å². The van der Waals surface area contributed by atoms with Crippen molar-refractivity contribution in [2.24, 2.45) is 5.73 Å². The molecule has 0 aliphatic carbocycles. The maximum atomic E-state index is 13.6. The quantitative estimate of drug-likeness (QED) is 0.890. The smallest absolute Gasteiger partial charge is 0.130 e. The number of benzene rings is 1. The van der Waals surface area contributed by atoms with Crippen molar-refractivity contribution in [3.63, 3.8) is 0 Å². The topological polar surface area (TPSA) is 39.2 Å². The average molecular weight is 237 g/mol. The molecule has 4 heteroatoms. The fourth-order valence-electron chi connectivity index (χ4n) is 1.72. The normalized spacial score (nSPS) is 12.7. The van der Waals surface area contributed by atoms with E-state index >= 15 is 0 Å². The van der Waals surface area contributed by atoms with Crippen molar-refractivity contribution in [3.8, 4) is 0 Å². The monoisotopic (exact) mass is 237 g/mol. The summed E-state index contributed by atoms with van der Waals surface area (Å²) in [7, 11) is 0. The minimum atomic E-state index is -0.618. The van der Waals surface area contributed by atoms with Gasteiger partial charge in [0.2, 0.25) is 0 Å². The standard InChI is InChI=1S/C13H13F2NO/c1-8-5-10(12(15)7-11(8)14)13(16)6-9-3-2-4-17-9/h2-5,7,13H,6,16H2,1H3. The van der Waals surface area contributed by atoms with Crippen LogP contribution >= 0.6 is 0 Å². The molecule has 0 saturated heterocycles. The zero-order valence-electron chi connectivity index (χ0n) is 9.41. The lowest BCUT2D eigenvalue weighted by Crippen LogP contribution is -2.15. The molecule has 0 aliphatic heterocycles. The summed E-state index contributed by atoms with van der Waals surface area (Å²) in [5, 5.41) is 0. The van der Waals surface area contributed by atoms with Gasteiger partial charge in [-0.1, -0.05) is 0 Å². The van der Waals surface area contributed by atoms with Crippen LogP contribution < -0.4 is 5.73 Å². The lowest BCUT2D eigenvalue weighted by molar-refractivity contribution is 0.479. The lowest BCUT2D eigenvalue weighted by atomic mass is 10.0. The Bertz CT molecular complexity index is 508. The van der Waals surface area contributed by atoms with E-state index in [4.69, 9.17) is 10.2 Å². The highest BCUT2D eigenvalue weighted by Crippen LogP contribution is 2.22. The van der Waals surface area contributed by atoms with Crippen LogP contribution in [0.3, 0.4) is 0 Å². The zero-order chi connectivity index (χ0) is 12.4. The van der Waals surface area contributed by atoms with Crippen molar-refractivity contribution < 1.29 is 13.2 Å². The van der Waals surface area contributed by atoms with E-state index in [0.29, 0.717) is 23.3 Å². The fourth-order valence-corrected chi connectivity index (χ4v) is 1.72. The van der Waals surface area contributed by atoms with Crippen LogP contribution in [0.4, 0.5) is 8.78 Å². The van der Waals surface area contributed by atoms with Crippen LogP contribution in [0.2, 0.25) is 0 Å². The Morgan fingerprint density at radius 2 is 2.06 bits per heavy atom. The molecular formula is C13H13F2NO. The molecule has 0 aliphatic rings. The number of nitrogens with two attached hydrogens (primary N) is 1. The molecule has 1 heterocycles. The molecule has 0 radical (unpaired) electrons. The van der Waals surface area contributed by atoms with Crippen LogP contribution in [-0.4, -0.2) is 0 Å². The minimum absolute atomic E-state index is 0.306. The average Bonchev–Trinajstić information content (AvgIpc) is 2.76. The van der Waals surface area contributed by atoms with E-state index in [-0.39, 0.29) is 0 Å². The molecule has 17 heavy (non-hydrogen) atoms. The van der Waals surface area contributed by atoms with Gasteiger partial charge in [0, 0.05) is 24.1 Å². The number of halogens is 2. The molecular weight excluding hydrogens is 224 g/mol. The first-order valence-electron chi connectivity index (χ1n) is 5.31. The van der Waals surface area contributed by atoms with E-state index in [9.17, 15) is 8.78 Å². The largest absolute Gasteiger partial charge is 0.469 e. The summed E-state index contributed by atoms with van der Waals surface area (Å²) in [6.45, 7) is 1.58. The van der Waals surface area contributed by atoms with Gasteiger partial charge in [0.1, 0.15) is 17.4 Å². The summed E-state index contributed by atoms with van der Waals surface area (Å²) < 4.78 is 31.8. The Labute approximate surface area is 98.0 Å². The third kappa shape index (κ3) is 2.53. The Morgan fingerprint density at radius 1 is 1.29 bits per heavy atom. The van der Waals surface area contributed by atoms with E-state index in [2.05, 4.69) is 0 Å². The molecule has 0 fully saturated rings. The Hall–Kier alpha value is -1.68. The number of rotatable bonds is 3. The highest BCUT2D eigenvalue weighted by molar-refractivity contribution is 5.28. The second-order valence-electron chi connectivity index (χ2n) is 4.01. The van der Waals surface area contributed by atoms with Gasteiger partial charge in [-0.2, -0.15) is 0 Å². The zero-order valence-corrected chi connectivity index (χ0v) is 9.41. The van der Waals surface area contributed by atoms with Crippen LogP contribution in [0.5, 0.6) is 0 Å². The molecule has 1 atom stereocenters. The number of hydrogen-bond acceptors (Lipinski definition) is 2. The Morgan fingerprint density at radius 3 is 2.71 bits per heavy atom. The first kappa shape index (κ1) is 11.8. The molecule has 2 rings (SSSR count). The molecule has 2 nitrogen and oxygen atoms in total. The van der Waals surface area contributed by atoms with Crippen LogP contribution in [0.1, 0.15) is 22.9 Å². The molecule has 0 saturated carbocycles. The molecule has 2 aromatic rings. The predicted octanol–water partition coefficient (Wildman–Crippen LogP) is 3.11. The summed E-state index contributed by atoms with van der Waals surface area (Å²) in [5.41, 5.74) is 6.57. The highest BCUT2D eigenvalue weighted by atomic mass is 19.1. The first-order chi connectivity index (χ1) is 8.08. The molecule has 0 spiro atoms. The van der Waals surface area contributed by atoms with Gasteiger partial charge in [0.15, 0.2) is 0 Å². The fraction of sp³-hybridized carbons (Fsp3) is 0.231. The minimum Gasteiger partial charge on any atom is -0.469 e. The second-order valence-corrected chi connectivity index (χ2v) is 4.01. The van der Waals surface area contributed by atoms with Crippen LogP contribution in [0.25, 0.3) is 0 Å². The Balaban J connectivity index is 2.24. The molecule has 1 unspecified atom stereocenters. The van der Waals surface area contributed by atoms with E-state index in [1.54, 1.807) is 19.1 Å². The third-order valence-electron chi connectivity index (χ3n) is 2.68. The van der Waals surface area contributed by atoms with E-state index in [1.807, 2.05) is 0 Å².